The summed E-state index contributed by atoms with van der Waals surface area (Å²) in [6, 6.07) is 6.33. The van der Waals surface area contributed by atoms with Gasteiger partial charge in [0.15, 0.2) is 0 Å². The van der Waals surface area contributed by atoms with Crippen molar-refractivity contribution in [2.24, 2.45) is 0 Å². The summed E-state index contributed by atoms with van der Waals surface area (Å²) in [6.07, 6.45) is 2.06. The van der Waals surface area contributed by atoms with Gasteiger partial charge in [0.05, 0.1) is 5.52 Å². The second kappa shape index (κ2) is 4.72. The highest BCUT2D eigenvalue weighted by Crippen LogP contribution is 2.29. The minimum atomic E-state index is 0.626. The first kappa shape index (κ1) is 11.9. The molecule has 84 valence electrons. The van der Waals surface area contributed by atoms with E-state index in [1.165, 1.54) is 5.56 Å². The van der Waals surface area contributed by atoms with Crippen molar-refractivity contribution < 1.29 is 0 Å². The first-order valence-corrected chi connectivity index (χ1v) is 6.54. The lowest BCUT2D eigenvalue weighted by atomic mass is 10.1. The molecule has 0 fully saturated rings. The SMILES string of the molecule is CCCc1cc2ccc(C)c(Br)c2nc1Cl. The Morgan fingerprint density at radius 3 is 2.81 bits per heavy atom. The van der Waals surface area contributed by atoms with Crippen molar-refractivity contribution in [3.63, 3.8) is 0 Å². The van der Waals surface area contributed by atoms with Gasteiger partial charge in [-0.25, -0.2) is 4.98 Å². The Kier molecular flexibility index (Phi) is 3.50. The van der Waals surface area contributed by atoms with Gasteiger partial charge in [0.25, 0.3) is 0 Å². The van der Waals surface area contributed by atoms with Crippen LogP contribution < -0.4 is 0 Å². The summed E-state index contributed by atoms with van der Waals surface area (Å²) in [5.41, 5.74) is 3.26. The van der Waals surface area contributed by atoms with Crippen molar-refractivity contribution in [2.45, 2.75) is 26.7 Å². The molecular weight excluding hydrogens is 286 g/mol. The zero-order chi connectivity index (χ0) is 11.7. The number of benzene rings is 1. The number of pyridine rings is 1. The first-order chi connectivity index (χ1) is 7.63. The molecule has 2 rings (SSSR count). The predicted octanol–water partition coefficient (Wildman–Crippen LogP) is 4.91. The van der Waals surface area contributed by atoms with E-state index in [9.17, 15) is 0 Å². The Balaban J connectivity index is 2.69. The molecule has 0 aliphatic carbocycles. The summed E-state index contributed by atoms with van der Waals surface area (Å²) in [5.74, 6) is 0. The number of aryl methyl sites for hydroxylation is 2. The molecule has 0 unspecified atom stereocenters. The van der Waals surface area contributed by atoms with Gasteiger partial charge in [-0.05, 0) is 46.5 Å². The molecular formula is C13H13BrClN. The van der Waals surface area contributed by atoms with Crippen molar-refractivity contribution >= 4 is 38.4 Å². The Hall–Kier alpha value is -0.600. The number of aromatic nitrogens is 1. The zero-order valence-electron chi connectivity index (χ0n) is 9.35. The Morgan fingerprint density at radius 1 is 1.38 bits per heavy atom. The van der Waals surface area contributed by atoms with E-state index in [2.05, 4.69) is 53.0 Å². The second-order valence-electron chi connectivity index (χ2n) is 3.96. The quantitative estimate of drug-likeness (QED) is 0.718. The fourth-order valence-corrected chi connectivity index (χ4v) is 2.46. The van der Waals surface area contributed by atoms with Crippen LogP contribution in [0, 0.1) is 6.92 Å². The molecule has 16 heavy (non-hydrogen) atoms. The predicted molar refractivity (Wildman–Crippen MR) is 73.2 cm³/mol. The monoisotopic (exact) mass is 297 g/mol. The van der Waals surface area contributed by atoms with Gasteiger partial charge >= 0.3 is 0 Å². The van der Waals surface area contributed by atoms with E-state index in [1.807, 2.05) is 0 Å². The highest BCUT2D eigenvalue weighted by molar-refractivity contribution is 9.10. The van der Waals surface area contributed by atoms with E-state index in [0.29, 0.717) is 5.15 Å². The average Bonchev–Trinajstić information content (AvgIpc) is 2.26. The van der Waals surface area contributed by atoms with E-state index in [1.54, 1.807) is 0 Å². The molecule has 1 heterocycles. The summed E-state index contributed by atoms with van der Waals surface area (Å²) in [6.45, 7) is 4.20. The third kappa shape index (κ3) is 2.09. The molecule has 0 saturated heterocycles. The first-order valence-electron chi connectivity index (χ1n) is 5.37. The summed E-state index contributed by atoms with van der Waals surface area (Å²) < 4.78 is 1.04. The van der Waals surface area contributed by atoms with Crippen LogP contribution in [0.15, 0.2) is 22.7 Å². The van der Waals surface area contributed by atoms with Crippen LogP contribution in [-0.4, -0.2) is 4.98 Å². The van der Waals surface area contributed by atoms with E-state index < -0.39 is 0 Å². The molecule has 0 spiro atoms. The average molecular weight is 299 g/mol. The molecule has 0 radical (unpaired) electrons. The maximum absolute atomic E-state index is 6.17. The molecule has 1 aromatic carbocycles. The number of halogens is 2. The normalized spacial score (nSPS) is 11.0. The summed E-state index contributed by atoms with van der Waals surface area (Å²) in [5, 5.41) is 1.77. The Labute approximate surface area is 109 Å². The van der Waals surface area contributed by atoms with Crippen molar-refractivity contribution in [2.75, 3.05) is 0 Å². The highest BCUT2D eigenvalue weighted by Gasteiger charge is 2.08. The maximum atomic E-state index is 6.17. The van der Waals surface area contributed by atoms with Gasteiger partial charge in [0, 0.05) is 9.86 Å². The molecule has 1 aromatic heterocycles. The number of nitrogens with zero attached hydrogens (tertiary/aromatic N) is 1. The highest BCUT2D eigenvalue weighted by atomic mass is 79.9. The van der Waals surface area contributed by atoms with Crippen LogP contribution in [0.25, 0.3) is 10.9 Å². The molecule has 2 aromatic rings. The maximum Gasteiger partial charge on any atom is 0.133 e. The van der Waals surface area contributed by atoms with Crippen LogP contribution >= 0.6 is 27.5 Å². The molecule has 0 atom stereocenters. The van der Waals surface area contributed by atoms with Crippen molar-refractivity contribution in [3.8, 4) is 0 Å². The van der Waals surface area contributed by atoms with Crippen LogP contribution in [0.2, 0.25) is 5.15 Å². The molecule has 0 aliphatic rings. The molecule has 0 amide bonds. The van der Waals surface area contributed by atoms with Gasteiger partial charge in [-0.15, -0.1) is 0 Å². The number of rotatable bonds is 2. The fourth-order valence-electron chi connectivity index (χ4n) is 1.77. The topological polar surface area (TPSA) is 12.9 Å². The lowest BCUT2D eigenvalue weighted by Crippen LogP contribution is -1.91. The zero-order valence-corrected chi connectivity index (χ0v) is 11.7. The van der Waals surface area contributed by atoms with Gasteiger partial charge in [-0.3, -0.25) is 0 Å². The van der Waals surface area contributed by atoms with Crippen LogP contribution in [0.3, 0.4) is 0 Å². The van der Waals surface area contributed by atoms with Gasteiger partial charge in [-0.2, -0.15) is 0 Å². The third-order valence-electron chi connectivity index (χ3n) is 2.66. The molecule has 0 saturated carbocycles. The molecule has 3 heteroatoms. The number of hydrogen-bond donors (Lipinski definition) is 0. The van der Waals surface area contributed by atoms with Gasteiger partial charge < -0.3 is 0 Å². The fraction of sp³-hybridized carbons (Fsp3) is 0.308. The molecule has 1 nitrogen and oxygen atoms in total. The molecule has 0 bridgehead atoms. The standard InChI is InChI=1S/C13H13BrClN/c1-3-4-10-7-9-6-5-8(2)11(14)12(9)16-13(10)15/h5-7H,3-4H2,1-2H3. The molecule has 0 N–H and O–H groups in total. The number of hydrogen-bond acceptors (Lipinski definition) is 1. The minimum Gasteiger partial charge on any atom is -0.235 e. The Bertz CT molecular complexity index is 537. The van der Waals surface area contributed by atoms with Crippen LogP contribution in [0.5, 0.6) is 0 Å². The van der Waals surface area contributed by atoms with Crippen LogP contribution in [0.4, 0.5) is 0 Å². The van der Waals surface area contributed by atoms with E-state index >= 15 is 0 Å². The van der Waals surface area contributed by atoms with Gasteiger partial charge in [0.1, 0.15) is 5.15 Å². The van der Waals surface area contributed by atoms with Crippen LogP contribution in [0.1, 0.15) is 24.5 Å². The second-order valence-corrected chi connectivity index (χ2v) is 5.11. The third-order valence-corrected chi connectivity index (χ3v) is 3.99. The number of fused-ring (bicyclic) bond motifs is 1. The summed E-state index contributed by atoms with van der Waals surface area (Å²) in [4.78, 5) is 4.47. The van der Waals surface area contributed by atoms with Crippen LogP contribution in [-0.2, 0) is 6.42 Å². The largest absolute Gasteiger partial charge is 0.235 e. The van der Waals surface area contributed by atoms with Gasteiger partial charge in [0.2, 0.25) is 0 Å². The summed E-state index contributed by atoms with van der Waals surface area (Å²) >= 11 is 9.73. The minimum absolute atomic E-state index is 0.626. The smallest absolute Gasteiger partial charge is 0.133 e. The van der Waals surface area contributed by atoms with Gasteiger partial charge in [-0.1, -0.05) is 37.1 Å². The van der Waals surface area contributed by atoms with E-state index in [0.717, 1.165) is 33.8 Å². The molecule has 0 aliphatic heterocycles. The lowest BCUT2D eigenvalue weighted by Gasteiger charge is -2.07. The van der Waals surface area contributed by atoms with E-state index in [4.69, 9.17) is 11.6 Å². The van der Waals surface area contributed by atoms with Crippen molar-refractivity contribution in [1.82, 2.24) is 4.98 Å². The summed E-state index contributed by atoms with van der Waals surface area (Å²) in [7, 11) is 0. The Morgan fingerprint density at radius 2 is 2.12 bits per heavy atom. The lowest BCUT2D eigenvalue weighted by molar-refractivity contribution is 0.917. The van der Waals surface area contributed by atoms with Crippen molar-refractivity contribution in [3.05, 3.63) is 39.0 Å². The van der Waals surface area contributed by atoms with E-state index in [-0.39, 0.29) is 0 Å². The van der Waals surface area contributed by atoms with Crippen molar-refractivity contribution in [1.29, 1.82) is 0 Å².